The van der Waals surface area contributed by atoms with Gasteiger partial charge in [0, 0.05) is 36.8 Å². The summed E-state index contributed by atoms with van der Waals surface area (Å²) in [7, 11) is 2.01. The fourth-order valence-corrected chi connectivity index (χ4v) is 6.20. The number of aromatic nitrogens is 4. The minimum Gasteiger partial charge on any atom is -0.462 e. The van der Waals surface area contributed by atoms with E-state index in [4.69, 9.17) is 4.74 Å². The Morgan fingerprint density at radius 1 is 1.24 bits per heavy atom. The first-order chi connectivity index (χ1) is 16.0. The molecule has 8 nitrogen and oxygen atoms in total. The van der Waals surface area contributed by atoms with Crippen LogP contribution < -0.4 is 5.32 Å². The van der Waals surface area contributed by atoms with Crippen molar-refractivity contribution in [1.29, 1.82) is 0 Å². The quantitative estimate of drug-likeness (QED) is 0.361. The van der Waals surface area contributed by atoms with Crippen LogP contribution in [0.25, 0.3) is 0 Å². The topological polar surface area (TPSA) is 91.0 Å². The lowest BCUT2D eigenvalue weighted by Crippen LogP contribution is -2.17. The first-order valence-electron chi connectivity index (χ1n) is 11.3. The molecule has 0 aliphatic heterocycles. The summed E-state index contributed by atoms with van der Waals surface area (Å²) in [6.07, 6.45) is 6.65. The van der Waals surface area contributed by atoms with Gasteiger partial charge in [0.2, 0.25) is 5.91 Å². The summed E-state index contributed by atoms with van der Waals surface area (Å²) < 4.78 is 9.38. The van der Waals surface area contributed by atoms with Gasteiger partial charge in [0.1, 0.15) is 10.8 Å². The molecule has 0 saturated heterocycles. The molecule has 0 bridgehead atoms. The fourth-order valence-electron chi connectivity index (χ4n) is 4.08. The zero-order valence-corrected chi connectivity index (χ0v) is 20.9. The van der Waals surface area contributed by atoms with Crippen molar-refractivity contribution in [3.05, 3.63) is 45.9 Å². The van der Waals surface area contributed by atoms with Crippen LogP contribution in [0.5, 0.6) is 0 Å². The Bertz CT molecular complexity index is 1150. The van der Waals surface area contributed by atoms with Gasteiger partial charge < -0.3 is 19.2 Å². The Kier molecular flexibility index (Phi) is 7.54. The van der Waals surface area contributed by atoms with Gasteiger partial charge in [-0.2, -0.15) is 0 Å². The molecule has 1 N–H and O–H groups in total. The maximum Gasteiger partial charge on any atom is 0.341 e. The van der Waals surface area contributed by atoms with Crippen molar-refractivity contribution in [3.63, 3.8) is 0 Å². The molecule has 0 radical (unpaired) electrons. The van der Waals surface area contributed by atoms with Gasteiger partial charge in [-0.05, 0) is 57.2 Å². The van der Waals surface area contributed by atoms with Crippen LogP contribution in [-0.4, -0.2) is 43.6 Å². The number of hydrogen-bond acceptors (Lipinski definition) is 7. The average Bonchev–Trinajstić information content (AvgIpc) is 3.49. The highest BCUT2D eigenvalue weighted by atomic mass is 32.2. The number of amides is 1. The highest BCUT2D eigenvalue weighted by Crippen LogP contribution is 2.38. The van der Waals surface area contributed by atoms with Crippen molar-refractivity contribution in [2.45, 2.75) is 57.7 Å². The second-order valence-corrected chi connectivity index (χ2v) is 9.95. The van der Waals surface area contributed by atoms with Crippen molar-refractivity contribution in [2.75, 3.05) is 17.7 Å². The largest absolute Gasteiger partial charge is 0.462 e. The molecule has 0 aromatic carbocycles. The highest BCUT2D eigenvalue weighted by molar-refractivity contribution is 7.99. The molecule has 0 spiro atoms. The molecular formula is C23H29N5O3S2. The van der Waals surface area contributed by atoms with E-state index in [0.717, 1.165) is 49.3 Å². The van der Waals surface area contributed by atoms with Crippen molar-refractivity contribution < 1.29 is 14.3 Å². The van der Waals surface area contributed by atoms with E-state index in [-0.39, 0.29) is 17.6 Å². The number of anilines is 1. The summed E-state index contributed by atoms with van der Waals surface area (Å²) in [5.41, 5.74) is 2.74. The molecule has 1 amide bonds. The molecule has 0 unspecified atom stereocenters. The molecule has 1 aliphatic rings. The third-order valence-electron chi connectivity index (χ3n) is 5.74. The van der Waals surface area contributed by atoms with Crippen LogP contribution in [0, 0.1) is 0 Å². The lowest BCUT2D eigenvalue weighted by Gasteiger charge is -2.12. The second kappa shape index (κ2) is 10.6. The van der Waals surface area contributed by atoms with Crippen LogP contribution in [0.1, 0.15) is 59.0 Å². The number of thiophene rings is 1. The van der Waals surface area contributed by atoms with Crippen molar-refractivity contribution in [2.24, 2.45) is 7.05 Å². The van der Waals surface area contributed by atoms with Crippen LogP contribution >= 0.6 is 23.1 Å². The zero-order chi connectivity index (χ0) is 23.4. The molecular weight excluding hydrogens is 458 g/mol. The number of fused-ring (bicyclic) bond motifs is 1. The Hall–Kier alpha value is -2.59. The van der Waals surface area contributed by atoms with Gasteiger partial charge in [-0.15, -0.1) is 21.5 Å². The number of carbonyl (C=O) groups is 2. The van der Waals surface area contributed by atoms with E-state index in [1.54, 1.807) is 6.92 Å². The van der Waals surface area contributed by atoms with Gasteiger partial charge in [-0.1, -0.05) is 11.8 Å². The normalized spacial score (nSPS) is 13.1. The molecule has 1 aliphatic carbocycles. The Labute approximate surface area is 201 Å². The third kappa shape index (κ3) is 5.16. The van der Waals surface area contributed by atoms with Crippen molar-refractivity contribution in [3.8, 4) is 0 Å². The van der Waals surface area contributed by atoms with E-state index in [1.807, 2.05) is 30.8 Å². The van der Waals surface area contributed by atoms with Crippen LogP contribution in [0.4, 0.5) is 5.00 Å². The average molecular weight is 488 g/mol. The number of nitrogens with zero attached hydrogens (tertiary/aromatic N) is 4. The summed E-state index contributed by atoms with van der Waals surface area (Å²) in [6, 6.07) is 4.08. The first kappa shape index (κ1) is 23.6. The molecule has 10 heteroatoms. The standard InChI is InChI=1S/C23H29N5O3S2/c1-4-28-18(13-15-9-8-12-27(15)3)25-26-23(28)32-14-19(29)24-21-20(22(30)31-5-2)16-10-6-7-11-17(16)33-21/h8-9,12H,4-7,10-11,13-14H2,1-3H3,(H,24,29). The molecule has 3 heterocycles. The van der Waals surface area contributed by atoms with E-state index in [9.17, 15) is 9.59 Å². The van der Waals surface area contributed by atoms with E-state index < -0.39 is 0 Å². The number of nitrogens with one attached hydrogen (secondary N) is 1. The molecule has 176 valence electrons. The third-order valence-corrected chi connectivity index (χ3v) is 7.91. The van der Waals surface area contributed by atoms with E-state index >= 15 is 0 Å². The summed E-state index contributed by atoms with van der Waals surface area (Å²) in [6.45, 7) is 4.87. The van der Waals surface area contributed by atoms with Crippen LogP contribution in [0.2, 0.25) is 0 Å². The molecule has 0 atom stereocenters. The molecule has 3 aromatic rings. The number of carbonyl (C=O) groups excluding carboxylic acids is 2. The lowest BCUT2D eigenvalue weighted by atomic mass is 9.95. The van der Waals surface area contributed by atoms with Gasteiger partial charge >= 0.3 is 5.97 Å². The first-order valence-corrected chi connectivity index (χ1v) is 13.1. The lowest BCUT2D eigenvalue weighted by molar-refractivity contribution is -0.113. The van der Waals surface area contributed by atoms with E-state index in [0.29, 0.717) is 28.7 Å². The van der Waals surface area contributed by atoms with Crippen LogP contribution in [0.3, 0.4) is 0 Å². The van der Waals surface area contributed by atoms with Crippen LogP contribution in [-0.2, 0) is 42.4 Å². The molecule has 0 fully saturated rings. The van der Waals surface area contributed by atoms with Gasteiger partial charge in [0.05, 0.1) is 17.9 Å². The van der Waals surface area contributed by atoms with Crippen molar-refractivity contribution >= 4 is 40.0 Å². The van der Waals surface area contributed by atoms with Gasteiger partial charge in [-0.25, -0.2) is 4.79 Å². The number of esters is 1. The molecule has 4 rings (SSSR count). The molecule has 33 heavy (non-hydrogen) atoms. The van der Waals surface area contributed by atoms with Crippen LogP contribution in [0.15, 0.2) is 23.5 Å². The van der Waals surface area contributed by atoms with Gasteiger partial charge in [-0.3, -0.25) is 4.79 Å². The van der Waals surface area contributed by atoms with Gasteiger partial charge in [0.15, 0.2) is 5.16 Å². The van der Waals surface area contributed by atoms with E-state index in [1.165, 1.54) is 28.0 Å². The second-order valence-electron chi connectivity index (χ2n) is 7.90. The monoisotopic (exact) mass is 487 g/mol. The maximum atomic E-state index is 12.8. The van der Waals surface area contributed by atoms with Gasteiger partial charge in [0.25, 0.3) is 0 Å². The number of ether oxygens (including phenoxy) is 1. The fraction of sp³-hybridized carbons (Fsp3) is 0.478. The van der Waals surface area contributed by atoms with E-state index in [2.05, 4.69) is 26.1 Å². The number of thioether (sulfide) groups is 1. The number of aryl methyl sites for hydroxylation is 2. The maximum absolute atomic E-state index is 12.8. The summed E-state index contributed by atoms with van der Waals surface area (Å²) in [5.74, 6) is 0.542. The predicted octanol–water partition coefficient (Wildman–Crippen LogP) is 4.08. The minimum absolute atomic E-state index is 0.168. The summed E-state index contributed by atoms with van der Waals surface area (Å²) in [4.78, 5) is 26.6. The molecule has 3 aromatic heterocycles. The predicted molar refractivity (Wildman–Crippen MR) is 130 cm³/mol. The Morgan fingerprint density at radius 2 is 2.06 bits per heavy atom. The SMILES string of the molecule is CCOC(=O)c1c(NC(=O)CSc2nnc(Cc3cccn3C)n2CC)sc2c1CCCC2. The Morgan fingerprint density at radius 3 is 2.79 bits per heavy atom. The highest BCUT2D eigenvalue weighted by Gasteiger charge is 2.27. The molecule has 0 saturated carbocycles. The smallest absolute Gasteiger partial charge is 0.341 e. The number of rotatable bonds is 9. The summed E-state index contributed by atoms with van der Waals surface area (Å²) in [5, 5.41) is 13.0. The Balaban J connectivity index is 1.44. The minimum atomic E-state index is -0.351. The van der Waals surface area contributed by atoms with Crippen molar-refractivity contribution in [1.82, 2.24) is 19.3 Å². The number of hydrogen-bond donors (Lipinski definition) is 1. The summed E-state index contributed by atoms with van der Waals surface area (Å²) >= 11 is 2.86. The zero-order valence-electron chi connectivity index (χ0n) is 19.2.